The summed E-state index contributed by atoms with van der Waals surface area (Å²) in [6.45, 7) is 8.25. The maximum atomic E-state index is 5.07. The van der Waals surface area contributed by atoms with Crippen LogP contribution < -0.4 is 15.0 Å². The van der Waals surface area contributed by atoms with E-state index in [0.717, 1.165) is 43.1 Å². The molecule has 23 heavy (non-hydrogen) atoms. The molecule has 1 N–H and O–H groups in total. The van der Waals surface area contributed by atoms with Gasteiger partial charge in [-0.05, 0) is 26.3 Å². The summed E-state index contributed by atoms with van der Waals surface area (Å²) in [6.07, 6.45) is 3.70. The van der Waals surface area contributed by atoms with E-state index in [4.69, 9.17) is 4.74 Å². The zero-order chi connectivity index (χ0) is 16.7. The standard InChI is InChI=1S/C17H25N5O/c1-5-8-13-11-15(22(6-2)7-3)21-17(19-13)20-14-9-10-16(23-4)18-12-14/h9-12H,5-8H2,1-4H3,(H,19,20,21). The predicted octanol–water partition coefficient (Wildman–Crippen LogP) is 3.42. The lowest BCUT2D eigenvalue weighted by atomic mass is 10.2. The molecule has 6 heteroatoms. The number of nitrogens with one attached hydrogen (secondary N) is 1. The molecule has 0 amide bonds. The number of ether oxygens (including phenoxy) is 1. The van der Waals surface area contributed by atoms with E-state index in [1.54, 1.807) is 13.3 Å². The molecular weight excluding hydrogens is 290 g/mol. The molecule has 0 unspecified atom stereocenters. The number of aromatic nitrogens is 3. The summed E-state index contributed by atoms with van der Waals surface area (Å²) < 4.78 is 5.07. The molecule has 0 atom stereocenters. The molecular formula is C17H25N5O. The Morgan fingerprint density at radius 1 is 1.13 bits per heavy atom. The quantitative estimate of drug-likeness (QED) is 0.805. The van der Waals surface area contributed by atoms with Crippen molar-refractivity contribution in [3.63, 3.8) is 0 Å². The van der Waals surface area contributed by atoms with Crippen LogP contribution in [0.5, 0.6) is 5.88 Å². The fourth-order valence-corrected chi connectivity index (χ4v) is 2.34. The second-order valence-electron chi connectivity index (χ2n) is 5.18. The molecule has 2 rings (SSSR count). The fraction of sp³-hybridized carbons (Fsp3) is 0.471. The van der Waals surface area contributed by atoms with Crippen LogP contribution in [-0.2, 0) is 6.42 Å². The topological polar surface area (TPSA) is 63.2 Å². The van der Waals surface area contributed by atoms with Crippen LogP contribution in [0.15, 0.2) is 24.4 Å². The first-order chi connectivity index (χ1) is 11.2. The predicted molar refractivity (Wildman–Crippen MR) is 93.7 cm³/mol. The lowest BCUT2D eigenvalue weighted by molar-refractivity contribution is 0.398. The molecule has 0 bridgehead atoms. The summed E-state index contributed by atoms with van der Waals surface area (Å²) in [5.74, 6) is 2.14. The number of methoxy groups -OCH3 is 1. The van der Waals surface area contributed by atoms with Crippen LogP contribution in [0.25, 0.3) is 0 Å². The zero-order valence-corrected chi connectivity index (χ0v) is 14.3. The minimum absolute atomic E-state index is 0.583. The summed E-state index contributed by atoms with van der Waals surface area (Å²) >= 11 is 0. The van der Waals surface area contributed by atoms with Gasteiger partial charge in [-0.15, -0.1) is 0 Å². The molecule has 0 spiro atoms. The SMILES string of the molecule is CCCc1cc(N(CC)CC)nc(Nc2ccc(OC)nc2)n1. The maximum Gasteiger partial charge on any atom is 0.229 e. The largest absolute Gasteiger partial charge is 0.481 e. The Hall–Kier alpha value is -2.37. The van der Waals surface area contributed by atoms with E-state index in [-0.39, 0.29) is 0 Å². The molecule has 6 nitrogen and oxygen atoms in total. The van der Waals surface area contributed by atoms with Gasteiger partial charge in [0.1, 0.15) is 5.82 Å². The summed E-state index contributed by atoms with van der Waals surface area (Å²) in [5, 5.41) is 3.23. The second kappa shape index (κ2) is 8.31. The lowest BCUT2D eigenvalue weighted by Gasteiger charge is -2.21. The average molecular weight is 315 g/mol. The third-order valence-electron chi connectivity index (χ3n) is 3.56. The van der Waals surface area contributed by atoms with Crippen molar-refractivity contribution in [2.45, 2.75) is 33.6 Å². The van der Waals surface area contributed by atoms with Crippen molar-refractivity contribution < 1.29 is 4.74 Å². The molecule has 0 saturated heterocycles. The van der Waals surface area contributed by atoms with Gasteiger partial charge in [-0.1, -0.05) is 13.3 Å². The molecule has 2 aromatic rings. The van der Waals surface area contributed by atoms with Gasteiger partial charge in [0.05, 0.1) is 19.0 Å². The molecule has 0 aromatic carbocycles. The van der Waals surface area contributed by atoms with E-state index in [2.05, 4.69) is 52.0 Å². The summed E-state index contributed by atoms with van der Waals surface area (Å²) in [5.41, 5.74) is 1.89. The monoisotopic (exact) mass is 315 g/mol. The van der Waals surface area contributed by atoms with E-state index in [0.29, 0.717) is 11.8 Å². The van der Waals surface area contributed by atoms with Gasteiger partial charge in [0.25, 0.3) is 0 Å². The van der Waals surface area contributed by atoms with E-state index in [9.17, 15) is 0 Å². The van der Waals surface area contributed by atoms with Gasteiger partial charge in [-0.25, -0.2) is 9.97 Å². The number of hydrogen-bond donors (Lipinski definition) is 1. The maximum absolute atomic E-state index is 5.07. The molecule has 0 radical (unpaired) electrons. The van der Waals surface area contributed by atoms with Gasteiger partial charge in [0, 0.05) is 30.9 Å². The molecule has 0 fully saturated rings. The first-order valence-corrected chi connectivity index (χ1v) is 8.10. The van der Waals surface area contributed by atoms with E-state index in [1.165, 1.54) is 0 Å². The summed E-state index contributed by atoms with van der Waals surface area (Å²) in [6, 6.07) is 5.79. The molecule has 0 aliphatic carbocycles. The van der Waals surface area contributed by atoms with Gasteiger partial charge < -0.3 is 15.0 Å². The van der Waals surface area contributed by atoms with Crippen LogP contribution in [0.4, 0.5) is 17.5 Å². The number of nitrogens with zero attached hydrogens (tertiary/aromatic N) is 4. The number of rotatable bonds is 8. The first-order valence-electron chi connectivity index (χ1n) is 8.10. The van der Waals surface area contributed by atoms with Crippen LogP contribution in [0, 0.1) is 0 Å². The highest BCUT2D eigenvalue weighted by molar-refractivity contribution is 5.55. The van der Waals surface area contributed by atoms with E-state index in [1.807, 2.05) is 12.1 Å². The molecule has 2 heterocycles. The third kappa shape index (κ3) is 4.55. The van der Waals surface area contributed by atoms with Crippen LogP contribution in [0.2, 0.25) is 0 Å². The van der Waals surface area contributed by atoms with Crippen molar-refractivity contribution in [1.29, 1.82) is 0 Å². The third-order valence-corrected chi connectivity index (χ3v) is 3.56. The molecule has 0 aliphatic rings. The fourth-order valence-electron chi connectivity index (χ4n) is 2.34. The minimum atomic E-state index is 0.583. The van der Waals surface area contributed by atoms with E-state index >= 15 is 0 Å². The minimum Gasteiger partial charge on any atom is -0.481 e. The van der Waals surface area contributed by atoms with Crippen molar-refractivity contribution in [1.82, 2.24) is 15.0 Å². The summed E-state index contributed by atoms with van der Waals surface area (Å²) in [7, 11) is 1.60. The van der Waals surface area contributed by atoms with Crippen molar-refractivity contribution in [3.05, 3.63) is 30.1 Å². The highest BCUT2D eigenvalue weighted by atomic mass is 16.5. The number of pyridine rings is 1. The van der Waals surface area contributed by atoms with Crippen LogP contribution in [-0.4, -0.2) is 35.2 Å². The van der Waals surface area contributed by atoms with Gasteiger partial charge in [0.2, 0.25) is 11.8 Å². The average Bonchev–Trinajstić information content (AvgIpc) is 2.57. The van der Waals surface area contributed by atoms with E-state index < -0.39 is 0 Å². The number of anilines is 3. The smallest absolute Gasteiger partial charge is 0.229 e. The van der Waals surface area contributed by atoms with Crippen molar-refractivity contribution in [3.8, 4) is 5.88 Å². The number of aryl methyl sites for hydroxylation is 1. The second-order valence-corrected chi connectivity index (χ2v) is 5.18. The number of hydrogen-bond acceptors (Lipinski definition) is 6. The molecule has 0 aliphatic heterocycles. The molecule has 124 valence electrons. The van der Waals surface area contributed by atoms with Crippen molar-refractivity contribution in [2.24, 2.45) is 0 Å². The molecule has 2 aromatic heterocycles. The molecule has 0 saturated carbocycles. The Kier molecular flexibility index (Phi) is 6.14. The normalized spacial score (nSPS) is 10.4. The zero-order valence-electron chi connectivity index (χ0n) is 14.3. The Morgan fingerprint density at radius 3 is 2.48 bits per heavy atom. The van der Waals surface area contributed by atoms with Gasteiger partial charge in [-0.3, -0.25) is 0 Å². The lowest BCUT2D eigenvalue weighted by Crippen LogP contribution is -2.23. The van der Waals surface area contributed by atoms with Crippen LogP contribution in [0.3, 0.4) is 0 Å². The van der Waals surface area contributed by atoms with Gasteiger partial charge in [-0.2, -0.15) is 4.98 Å². The Morgan fingerprint density at radius 2 is 1.91 bits per heavy atom. The van der Waals surface area contributed by atoms with Gasteiger partial charge in [0.15, 0.2) is 0 Å². The van der Waals surface area contributed by atoms with Crippen molar-refractivity contribution in [2.75, 3.05) is 30.4 Å². The summed E-state index contributed by atoms with van der Waals surface area (Å²) in [4.78, 5) is 15.7. The highest BCUT2D eigenvalue weighted by Crippen LogP contribution is 2.20. The first kappa shape index (κ1) is 17.0. The Bertz CT molecular complexity index is 611. The highest BCUT2D eigenvalue weighted by Gasteiger charge is 2.09. The Labute approximate surface area is 137 Å². The van der Waals surface area contributed by atoms with Gasteiger partial charge >= 0.3 is 0 Å². The Balaban J connectivity index is 2.27. The van der Waals surface area contributed by atoms with Crippen molar-refractivity contribution >= 4 is 17.5 Å². The van der Waals surface area contributed by atoms with Crippen LogP contribution in [0.1, 0.15) is 32.9 Å². The van der Waals surface area contributed by atoms with Crippen LogP contribution >= 0.6 is 0 Å².